The molecule has 186 valence electrons. The van der Waals surface area contributed by atoms with Gasteiger partial charge in [-0.2, -0.15) is 10.2 Å². The van der Waals surface area contributed by atoms with Gasteiger partial charge < -0.3 is 4.90 Å². The topological polar surface area (TPSA) is 62.5 Å². The fraction of sp³-hybridized carbons (Fsp3) is 0.0645. The van der Waals surface area contributed by atoms with Gasteiger partial charge in [0.25, 0.3) is 5.91 Å². The van der Waals surface area contributed by atoms with Gasteiger partial charge in [0, 0.05) is 27.1 Å². The van der Waals surface area contributed by atoms with Crippen LogP contribution in [0, 0.1) is 6.92 Å². The van der Waals surface area contributed by atoms with Gasteiger partial charge in [-0.15, -0.1) is 0 Å². The van der Waals surface area contributed by atoms with E-state index in [1.165, 1.54) is 5.56 Å². The summed E-state index contributed by atoms with van der Waals surface area (Å²) in [4.78, 5) is 17.3. The Bertz CT molecular complexity index is 1580. The molecule has 0 atom stereocenters. The van der Waals surface area contributed by atoms with Gasteiger partial charge in [-0.1, -0.05) is 84.1 Å². The zero-order chi connectivity index (χ0) is 25.9. The van der Waals surface area contributed by atoms with E-state index in [1.807, 2.05) is 94.6 Å². The minimum absolute atomic E-state index is 0.153. The molecular weight excluding hydrogens is 490 g/mol. The molecule has 0 spiro atoms. The first-order valence-electron chi connectivity index (χ1n) is 12.3. The quantitative estimate of drug-likeness (QED) is 0.204. The monoisotopic (exact) mass is 515 g/mol. The van der Waals surface area contributed by atoms with Crippen LogP contribution < -0.4 is 10.3 Å². The second-order valence-electron chi connectivity index (χ2n) is 9.00. The molecule has 0 saturated heterocycles. The van der Waals surface area contributed by atoms with Crippen molar-refractivity contribution in [3.05, 3.63) is 120 Å². The maximum absolute atomic E-state index is 13.0. The van der Waals surface area contributed by atoms with Crippen molar-refractivity contribution in [2.24, 2.45) is 5.10 Å². The highest BCUT2D eigenvalue weighted by molar-refractivity contribution is 7.99. The number of hydrogen-bond acceptors (Lipinski definition) is 5. The standard InChI is InChI=1S/C31H25N5OS/c1-22-15-17-23(18-16-22)31-24(20-36(34-31)25-9-3-2-4-10-25)19-32-33-30(37)21-35-26-11-5-7-13-28(26)38-29-14-8-6-12-27(29)35/h2-20H,21H2,1H3,(H,33,37)/b32-19+. The van der Waals surface area contributed by atoms with Crippen molar-refractivity contribution >= 4 is 35.3 Å². The number of nitrogens with zero attached hydrogens (tertiary/aromatic N) is 4. The van der Waals surface area contributed by atoms with Crippen LogP contribution >= 0.6 is 11.8 Å². The number of rotatable bonds is 6. The molecule has 7 heteroatoms. The van der Waals surface area contributed by atoms with Gasteiger partial charge in [0.2, 0.25) is 0 Å². The summed E-state index contributed by atoms with van der Waals surface area (Å²) in [5, 5.41) is 9.14. The number of nitrogens with one attached hydrogen (secondary N) is 1. The first-order chi connectivity index (χ1) is 18.7. The maximum atomic E-state index is 13.0. The number of benzene rings is 4. The van der Waals surface area contributed by atoms with Gasteiger partial charge >= 0.3 is 0 Å². The Morgan fingerprint density at radius 1 is 0.868 bits per heavy atom. The Morgan fingerprint density at radius 3 is 2.18 bits per heavy atom. The number of amides is 1. The van der Waals surface area contributed by atoms with Gasteiger partial charge in [-0.25, -0.2) is 10.1 Å². The molecule has 0 radical (unpaired) electrons. The average Bonchev–Trinajstić information content (AvgIpc) is 3.38. The molecule has 0 aliphatic carbocycles. The summed E-state index contributed by atoms with van der Waals surface area (Å²) in [5.74, 6) is -0.204. The highest BCUT2D eigenvalue weighted by Crippen LogP contribution is 2.47. The van der Waals surface area contributed by atoms with E-state index in [2.05, 4.69) is 41.7 Å². The van der Waals surface area contributed by atoms with E-state index in [-0.39, 0.29) is 12.5 Å². The lowest BCUT2D eigenvalue weighted by atomic mass is 10.1. The van der Waals surface area contributed by atoms with E-state index in [1.54, 1.807) is 18.0 Å². The molecular formula is C31H25N5OS. The van der Waals surface area contributed by atoms with E-state index in [4.69, 9.17) is 5.10 Å². The highest BCUT2D eigenvalue weighted by Gasteiger charge is 2.24. The Morgan fingerprint density at radius 2 is 1.50 bits per heavy atom. The zero-order valence-corrected chi connectivity index (χ0v) is 21.6. The number of carbonyl (C=O) groups is 1. The van der Waals surface area contributed by atoms with Gasteiger partial charge in [0.1, 0.15) is 12.2 Å². The Hall–Kier alpha value is -4.62. The maximum Gasteiger partial charge on any atom is 0.260 e. The zero-order valence-electron chi connectivity index (χ0n) is 20.8. The Labute approximate surface area is 225 Å². The molecule has 5 aromatic rings. The molecule has 6 rings (SSSR count). The lowest BCUT2D eigenvalue weighted by Crippen LogP contribution is -2.33. The van der Waals surface area contributed by atoms with Gasteiger partial charge in [0.05, 0.1) is 23.3 Å². The summed E-state index contributed by atoms with van der Waals surface area (Å²) in [7, 11) is 0. The second kappa shape index (κ2) is 10.4. The minimum atomic E-state index is -0.204. The SMILES string of the molecule is Cc1ccc(-c2nn(-c3ccccc3)cc2/C=N/NC(=O)CN2c3ccccc3Sc3ccccc32)cc1. The molecule has 38 heavy (non-hydrogen) atoms. The molecule has 0 bridgehead atoms. The van der Waals surface area contributed by atoms with E-state index in [9.17, 15) is 4.79 Å². The lowest BCUT2D eigenvalue weighted by molar-refractivity contribution is -0.119. The van der Waals surface area contributed by atoms with Crippen molar-refractivity contribution in [3.8, 4) is 16.9 Å². The van der Waals surface area contributed by atoms with Crippen LogP contribution in [0.1, 0.15) is 11.1 Å². The minimum Gasteiger partial charge on any atom is -0.330 e. The Balaban J connectivity index is 1.24. The number of para-hydroxylation sites is 3. The summed E-state index contributed by atoms with van der Waals surface area (Å²) >= 11 is 1.72. The summed E-state index contributed by atoms with van der Waals surface area (Å²) in [6.45, 7) is 2.21. The summed E-state index contributed by atoms with van der Waals surface area (Å²) in [6, 6.07) is 34.4. The first kappa shape index (κ1) is 23.8. The van der Waals surface area contributed by atoms with Gasteiger partial charge in [-0.05, 0) is 43.3 Å². The van der Waals surface area contributed by atoms with E-state index >= 15 is 0 Å². The van der Waals surface area contributed by atoms with Crippen molar-refractivity contribution in [2.75, 3.05) is 11.4 Å². The molecule has 1 aliphatic heterocycles. The number of fused-ring (bicyclic) bond motifs is 2. The van der Waals surface area contributed by atoms with Crippen molar-refractivity contribution in [2.45, 2.75) is 16.7 Å². The Kier molecular flexibility index (Phi) is 6.50. The van der Waals surface area contributed by atoms with Crippen molar-refractivity contribution in [1.82, 2.24) is 15.2 Å². The van der Waals surface area contributed by atoms with Crippen LogP contribution in [0.3, 0.4) is 0 Å². The van der Waals surface area contributed by atoms with Gasteiger partial charge in [0.15, 0.2) is 0 Å². The van der Waals surface area contributed by atoms with Crippen LogP contribution in [0.25, 0.3) is 16.9 Å². The number of hydrogen-bond donors (Lipinski definition) is 1. The van der Waals surface area contributed by atoms with E-state index in [0.717, 1.165) is 43.7 Å². The number of hydrazone groups is 1. The molecule has 0 unspecified atom stereocenters. The number of carbonyl (C=O) groups excluding carboxylic acids is 1. The molecule has 1 amide bonds. The molecule has 2 heterocycles. The van der Waals surface area contributed by atoms with Crippen LogP contribution in [0.4, 0.5) is 11.4 Å². The lowest BCUT2D eigenvalue weighted by Gasteiger charge is -2.31. The number of aryl methyl sites for hydroxylation is 1. The summed E-state index contributed by atoms with van der Waals surface area (Å²) < 4.78 is 1.83. The normalized spacial score (nSPS) is 12.3. The summed E-state index contributed by atoms with van der Waals surface area (Å²) in [5.41, 5.74) is 9.47. The summed E-state index contributed by atoms with van der Waals surface area (Å²) in [6.07, 6.45) is 3.59. The van der Waals surface area contributed by atoms with Crippen molar-refractivity contribution in [1.29, 1.82) is 0 Å². The molecule has 4 aromatic carbocycles. The third-order valence-corrected chi connectivity index (χ3v) is 7.45. The molecule has 1 aromatic heterocycles. The molecule has 0 fully saturated rings. The second-order valence-corrected chi connectivity index (χ2v) is 10.1. The van der Waals surface area contributed by atoms with Crippen LogP contribution in [0.15, 0.2) is 124 Å². The van der Waals surface area contributed by atoms with E-state index in [0.29, 0.717) is 0 Å². The third kappa shape index (κ3) is 4.84. The van der Waals surface area contributed by atoms with Crippen LogP contribution in [0.2, 0.25) is 0 Å². The third-order valence-electron chi connectivity index (χ3n) is 6.31. The first-order valence-corrected chi connectivity index (χ1v) is 13.1. The van der Waals surface area contributed by atoms with Crippen LogP contribution in [0.5, 0.6) is 0 Å². The predicted octanol–water partition coefficient (Wildman–Crippen LogP) is 6.60. The molecule has 6 nitrogen and oxygen atoms in total. The fourth-order valence-corrected chi connectivity index (χ4v) is 5.53. The van der Waals surface area contributed by atoms with Crippen LogP contribution in [-0.4, -0.2) is 28.4 Å². The highest BCUT2D eigenvalue weighted by atomic mass is 32.2. The van der Waals surface area contributed by atoms with E-state index < -0.39 is 0 Å². The van der Waals surface area contributed by atoms with Crippen molar-refractivity contribution in [3.63, 3.8) is 0 Å². The molecule has 1 aliphatic rings. The predicted molar refractivity (Wildman–Crippen MR) is 153 cm³/mol. The van der Waals surface area contributed by atoms with Crippen LogP contribution in [-0.2, 0) is 4.79 Å². The molecule has 0 saturated carbocycles. The molecule has 1 N–H and O–H groups in total. The smallest absolute Gasteiger partial charge is 0.260 e. The average molecular weight is 516 g/mol. The number of aromatic nitrogens is 2. The van der Waals surface area contributed by atoms with Crippen molar-refractivity contribution < 1.29 is 4.79 Å². The van der Waals surface area contributed by atoms with Gasteiger partial charge in [-0.3, -0.25) is 4.79 Å². The largest absolute Gasteiger partial charge is 0.330 e. The fourth-order valence-electron chi connectivity index (χ4n) is 4.43. The number of anilines is 2.